The maximum Gasteiger partial charge on any atom is 0.419 e. The number of halogens is 4. The first kappa shape index (κ1) is 27.1. The van der Waals surface area contributed by atoms with Crippen LogP contribution in [0.3, 0.4) is 0 Å². The van der Waals surface area contributed by atoms with Crippen molar-refractivity contribution in [3.05, 3.63) is 52.7 Å². The summed E-state index contributed by atoms with van der Waals surface area (Å²) in [6, 6.07) is 1.56. The van der Waals surface area contributed by atoms with Crippen molar-refractivity contribution in [2.75, 3.05) is 37.6 Å². The summed E-state index contributed by atoms with van der Waals surface area (Å²) in [5.41, 5.74) is 0.0585. The molecule has 4 atom stereocenters. The highest BCUT2D eigenvalue weighted by atomic mass is 19.4. The van der Waals surface area contributed by atoms with E-state index in [-0.39, 0.29) is 31.1 Å². The van der Waals surface area contributed by atoms with Gasteiger partial charge in [0.2, 0.25) is 5.91 Å². The molecule has 2 aromatic rings. The maximum atomic E-state index is 14.6. The summed E-state index contributed by atoms with van der Waals surface area (Å²) < 4.78 is 54.1. The molecule has 3 aliphatic rings. The number of aromatic nitrogens is 2. The van der Waals surface area contributed by atoms with Gasteiger partial charge in [0.15, 0.2) is 0 Å². The van der Waals surface area contributed by atoms with E-state index in [1.807, 2.05) is 11.8 Å². The minimum Gasteiger partial charge on any atom is -0.465 e. The molecule has 9 nitrogen and oxygen atoms in total. The number of amides is 2. The number of fused-ring (bicyclic) bond motifs is 1. The number of rotatable bonds is 4. The molecule has 2 saturated heterocycles. The van der Waals surface area contributed by atoms with Crippen LogP contribution in [0.25, 0.3) is 0 Å². The number of benzene rings is 1. The molecule has 0 bridgehead atoms. The van der Waals surface area contributed by atoms with Gasteiger partial charge in [-0.2, -0.15) is 13.2 Å². The molecule has 2 N–H and O–H groups in total. The predicted octanol–water partition coefficient (Wildman–Crippen LogP) is 3.75. The third-order valence-electron chi connectivity index (χ3n) is 8.02. The Kier molecular flexibility index (Phi) is 7.12. The van der Waals surface area contributed by atoms with Crippen molar-refractivity contribution in [1.82, 2.24) is 19.8 Å². The molecule has 2 fully saturated rings. The van der Waals surface area contributed by atoms with Gasteiger partial charge in [-0.1, -0.05) is 13.0 Å². The van der Waals surface area contributed by atoms with Gasteiger partial charge in [-0.25, -0.2) is 19.2 Å². The number of nitrogens with zero attached hydrogens (tertiary/aromatic N) is 5. The van der Waals surface area contributed by atoms with Gasteiger partial charge >= 0.3 is 12.3 Å². The van der Waals surface area contributed by atoms with Crippen LogP contribution in [0, 0.1) is 5.82 Å². The van der Waals surface area contributed by atoms with Crippen LogP contribution in [0.5, 0.6) is 0 Å². The average Bonchev–Trinajstić information content (AvgIpc) is 3.48. The number of likely N-dealkylation sites (tertiary alicyclic amines) is 1. The van der Waals surface area contributed by atoms with Gasteiger partial charge in [0, 0.05) is 38.3 Å². The van der Waals surface area contributed by atoms with E-state index in [4.69, 9.17) is 0 Å². The van der Waals surface area contributed by atoms with Crippen molar-refractivity contribution in [3.8, 4) is 0 Å². The molecule has 39 heavy (non-hydrogen) atoms. The zero-order chi connectivity index (χ0) is 28.1. The lowest BCUT2D eigenvalue weighted by molar-refractivity contribution is -0.140. The Bertz CT molecular complexity index is 1270. The second-order valence-corrected chi connectivity index (χ2v) is 10.4. The number of carbonyl (C=O) groups is 2. The van der Waals surface area contributed by atoms with E-state index in [0.29, 0.717) is 56.0 Å². The fourth-order valence-corrected chi connectivity index (χ4v) is 6.15. The van der Waals surface area contributed by atoms with Gasteiger partial charge in [0.25, 0.3) is 0 Å². The largest absolute Gasteiger partial charge is 0.465 e. The monoisotopic (exact) mass is 551 g/mol. The number of hydrogen-bond acceptors (Lipinski definition) is 6. The number of piperazine rings is 1. The molecule has 1 aromatic carbocycles. The predicted molar refractivity (Wildman–Crippen MR) is 131 cm³/mol. The Morgan fingerprint density at radius 1 is 1.10 bits per heavy atom. The molecule has 5 rings (SSSR count). The fourth-order valence-electron chi connectivity index (χ4n) is 6.15. The van der Waals surface area contributed by atoms with Crippen LogP contribution >= 0.6 is 0 Å². The summed E-state index contributed by atoms with van der Waals surface area (Å²) in [6.07, 6.45) is -4.02. The molecule has 1 unspecified atom stereocenters. The molecule has 2 amide bonds. The second-order valence-electron chi connectivity index (χ2n) is 10.4. The number of aliphatic hydroxyl groups is 1. The second kappa shape index (κ2) is 10.2. The first-order valence-corrected chi connectivity index (χ1v) is 12.9. The van der Waals surface area contributed by atoms with Gasteiger partial charge in [-0.05, 0) is 42.9 Å². The molecule has 13 heteroatoms. The third-order valence-corrected chi connectivity index (χ3v) is 8.02. The van der Waals surface area contributed by atoms with Crippen LogP contribution in [0.15, 0.2) is 24.5 Å². The Morgan fingerprint density at radius 3 is 2.46 bits per heavy atom. The van der Waals surface area contributed by atoms with Crippen molar-refractivity contribution >= 4 is 17.8 Å². The van der Waals surface area contributed by atoms with Gasteiger partial charge in [0.1, 0.15) is 18.0 Å². The van der Waals surface area contributed by atoms with E-state index in [1.165, 1.54) is 6.33 Å². The van der Waals surface area contributed by atoms with Gasteiger partial charge in [0.05, 0.1) is 29.3 Å². The van der Waals surface area contributed by atoms with E-state index < -0.39 is 47.6 Å². The average molecular weight is 552 g/mol. The number of carboxylic acid groups (broad SMARTS) is 1. The first-order chi connectivity index (χ1) is 18.5. The molecular formula is C26H29F4N5O4. The number of anilines is 1. The lowest BCUT2D eigenvalue weighted by Gasteiger charge is -2.39. The first-order valence-electron chi connectivity index (χ1n) is 12.9. The summed E-state index contributed by atoms with van der Waals surface area (Å²) in [7, 11) is 0. The van der Waals surface area contributed by atoms with Crippen LogP contribution in [0.2, 0.25) is 0 Å². The van der Waals surface area contributed by atoms with Crippen LogP contribution < -0.4 is 4.90 Å². The summed E-state index contributed by atoms with van der Waals surface area (Å²) in [5, 5.41) is 20.0. The van der Waals surface area contributed by atoms with Crippen molar-refractivity contribution < 1.29 is 37.4 Å². The summed E-state index contributed by atoms with van der Waals surface area (Å²) in [4.78, 5) is 39.1. The van der Waals surface area contributed by atoms with E-state index in [2.05, 4.69) is 9.97 Å². The number of hydrogen-bond donors (Lipinski definition) is 2. The SMILES string of the molecule is C[C@@H]1C[C@@H](O)c2ncnc(N3CCN(C(=O)[C@@H](c4ccc(C(F)(F)F)c(F)c4)C4CCCN4C(=O)O)CC3)c21. The van der Waals surface area contributed by atoms with Crippen molar-refractivity contribution in [2.45, 2.75) is 56.3 Å². The van der Waals surface area contributed by atoms with Crippen molar-refractivity contribution in [1.29, 1.82) is 0 Å². The summed E-state index contributed by atoms with van der Waals surface area (Å²) in [6.45, 7) is 3.50. The molecule has 0 saturated carbocycles. The standard InChI is InChI=1S/C26H29F4N5O4/c1-14-11-19(36)22-20(14)23(32-13-31-22)33-7-9-34(10-8-33)24(37)21(18-3-2-6-35(18)25(38)39)15-4-5-16(17(27)12-15)26(28,29)30/h4-5,12-14,18-19,21,36H,2-3,6-11H2,1H3,(H,38,39)/t14-,18?,19-,21+/m1/s1. The van der Waals surface area contributed by atoms with Crippen LogP contribution in [0.1, 0.15) is 66.5 Å². The smallest absolute Gasteiger partial charge is 0.419 e. The molecular weight excluding hydrogens is 522 g/mol. The molecule has 210 valence electrons. The topological polar surface area (TPSA) is 110 Å². The Hall–Kier alpha value is -3.48. The molecule has 2 aliphatic heterocycles. The van der Waals surface area contributed by atoms with Crippen LogP contribution in [0.4, 0.5) is 28.2 Å². The van der Waals surface area contributed by atoms with Crippen molar-refractivity contribution in [3.63, 3.8) is 0 Å². The lowest BCUT2D eigenvalue weighted by Crippen LogP contribution is -2.53. The quantitative estimate of drug-likeness (QED) is 0.557. The highest BCUT2D eigenvalue weighted by molar-refractivity contribution is 5.86. The maximum absolute atomic E-state index is 14.6. The lowest BCUT2D eigenvalue weighted by atomic mass is 9.87. The molecule has 1 aromatic heterocycles. The zero-order valence-electron chi connectivity index (χ0n) is 21.2. The summed E-state index contributed by atoms with van der Waals surface area (Å²) in [5.74, 6) is -2.34. The van der Waals surface area contributed by atoms with E-state index in [1.54, 1.807) is 4.90 Å². The minimum absolute atomic E-state index is 0.0162. The Morgan fingerprint density at radius 2 is 1.82 bits per heavy atom. The zero-order valence-corrected chi connectivity index (χ0v) is 21.2. The molecule has 0 spiro atoms. The van der Waals surface area contributed by atoms with Gasteiger partial charge in [-0.15, -0.1) is 0 Å². The minimum atomic E-state index is -4.90. The van der Waals surface area contributed by atoms with Crippen LogP contribution in [-0.4, -0.2) is 80.7 Å². The third kappa shape index (κ3) is 4.99. The highest BCUT2D eigenvalue weighted by Crippen LogP contribution is 2.43. The number of aliphatic hydroxyl groups excluding tert-OH is 1. The number of carbonyl (C=O) groups excluding carboxylic acids is 1. The highest BCUT2D eigenvalue weighted by Gasteiger charge is 2.43. The van der Waals surface area contributed by atoms with E-state index >= 15 is 0 Å². The van der Waals surface area contributed by atoms with Gasteiger partial charge < -0.3 is 24.9 Å². The number of alkyl halides is 3. The Labute approximate surface area is 222 Å². The van der Waals surface area contributed by atoms with Gasteiger partial charge in [-0.3, -0.25) is 4.79 Å². The van der Waals surface area contributed by atoms with E-state index in [9.17, 15) is 37.4 Å². The fraction of sp³-hybridized carbons (Fsp3) is 0.538. The van der Waals surface area contributed by atoms with Crippen molar-refractivity contribution in [2.24, 2.45) is 0 Å². The van der Waals surface area contributed by atoms with Crippen LogP contribution in [-0.2, 0) is 11.0 Å². The van der Waals surface area contributed by atoms with E-state index in [0.717, 1.165) is 16.5 Å². The molecule has 3 heterocycles. The molecule has 1 aliphatic carbocycles. The summed E-state index contributed by atoms with van der Waals surface area (Å²) >= 11 is 0. The normalized spacial score (nSPS) is 24.2. The Balaban J connectivity index is 1.40. The molecule has 0 radical (unpaired) electrons.